The molecule has 0 rings (SSSR count). The third-order valence-corrected chi connectivity index (χ3v) is 1.54. The quantitative estimate of drug-likeness (QED) is 0.386. The summed E-state index contributed by atoms with van der Waals surface area (Å²) in [6.45, 7) is 9.33. The van der Waals surface area contributed by atoms with Gasteiger partial charge in [0.2, 0.25) is 0 Å². The zero-order valence-corrected chi connectivity index (χ0v) is 15.4. The van der Waals surface area contributed by atoms with E-state index in [0.29, 0.717) is 19.3 Å². The van der Waals surface area contributed by atoms with E-state index in [1.165, 1.54) is 0 Å². The van der Waals surface area contributed by atoms with Crippen LogP contribution in [0.2, 0.25) is 0 Å². The van der Waals surface area contributed by atoms with Gasteiger partial charge in [-0.1, -0.05) is 0 Å². The molecule has 0 unspecified atom stereocenters. The normalized spacial score (nSPS) is 7.91. The Morgan fingerprint density at radius 3 is 0.500 bits per heavy atom. The molecule has 0 saturated heterocycles. The van der Waals surface area contributed by atoms with E-state index >= 15 is 0 Å². The van der Waals surface area contributed by atoms with E-state index in [9.17, 15) is 0 Å². The van der Waals surface area contributed by atoms with Gasteiger partial charge in [-0.05, 0) is 0 Å². The average Bonchev–Trinajstić information content (AvgIpc) is 2.10. The molecule has 0 fully saturated rings. The Morgan fingerprint density at radius 2 is 0.500 bits per heavy atom. The van der Waals surface area contributed by atoms with Crippen LogP contribution in [-0.2, 0) is 17.1 Å². The molecule has 0 atom stereocenters. The molecule has 0 saturated carbocycles. The van der Waals surface area contributed by atoms with Crippen LogP contribution in [0.4, 0.5) is 0 Å². The van der Waals surface area contributed by atoms with E-state index < -0.39 is 0 Å². The van der Waals surface area contributed by atoms with E-state index in [-0.39, 0.29) is 51.8 Å². The molecule has 0 amide bonds. The Bertz CT molecular complexity index is 314. The first kappa shape index (κ1) is 28.7. The van der Waals surface area contributed by atoms with Crippen LogP contribution in [0.5, 0.6) is 0 Å². The summed E-state index contributed by atoms with van der Waals surface area (Å²) in [5, 5.41) is 0. The van der Waals surface area contributed by atoms with Crippen molar-refractivity contribution in [2.75, 3.05) is 0 Å². The SMILES string of the molecule is CC(=[OH+])CC(C)=[OH+].CC(=[OH+])CC(C)=[OH+].CC(=[OH+])CC(C)=[OH+].[Mn]. The van der Waals surface area contributed by atoms with Gasteiger partial charge in [0.1, 0.15) is 0 Å². The van der Waals surface area contributed by atoms with Gasteiger partial charge in [0, 0.05) is 58.6 Å². The molecule has 1 radical (unpaired) electrons. The summed E-state index contributed by atoms with van der Waals surface area (Å²) in [5.74, 6) is 1.50. The van der Waals surface area contributed by atoms with Gasteiger partial charge < -0.3 is 0 Å². The molecule has 7 heteroatoms. The van der Waals surface area contributed by atoms with Crippen LogP contribution < -0.4 is 0 Å². The molecule has 6 nitrogen and oxygen atoms in total. The van der Waals surface area contributed by atoms with Gasteiger partial charge in [-0.2, -0.15) is 0 Å². The maximum atomic E-state index is 8.46. The summed E-state index contributed by atoms with van der Waals surface area (Å²) in [6, 6.07) is 0. The minimum Gasteiger partial charge on any atom is -0.283 e. The maximum Gasteiger partial charge on any atom is 0.302 e. The van der Waals surface area contributed by atoms with E-state index in [1.807, 2.05) is 0 Å². The molecular weight excluding hydrogens is 331 g/mol. The van der Waals surface area contributed by atoms with E-state index in [4.69, 9.17) is 28.8 Å². The van der Waals surface area contributed by atoms with Crippen LogP contribution in [0.25, 0.3) is 0 Å². The molecule has 0 aliphatic rings. The predicted molar refractivity (Wildman–Crippen MR) is 89.6 cm³/mol. The molecule has 0 heterocycles. The molecule has 127 valence electrons. The van der Waals surface area contributed by atoms with Crippen molar-refractivity contribution in [3.05, 3.63) is 0 Å². The van der Waals surface area contributed by atoms with Gasteiger partial charge in [0.15, 0.2) is 19.3 Å². The van der Waals surface area contributed by atoms with E-state index in [2.05, 4.69) is 0 Å². The van der Waals surface area contributed by atoms with Gasteiger partial charge >= 0.3 is 34.7 Å². The topological polar surface area (TPSA) is 128 Å². The number of ketones is 6. The summed E-state index contributed by atoms with van der Waals surface area (Å²) in [4.78, 5) is 50.8. The molecule has 0 aliphatic carbocycles. The molecule has 0 aliphatic heterocycles. The minimum atomic E-state index is 0. The van der Waals surface area contributed by atoms with Gasteiger partial charge in [-0.15, -0.1) is 0 Å². The van der Waals surface area contributed by atoms with Gasteiger partial charge in [0.05, 0.1) is 0 Å². The zero-order valence-electron chi connectivity index (χ0n) is 14.2. The minimum absolute atomic E-state index is 0. The summed E-state index contributed by atoms with van der Waals surface area (Å²) >= 11 is 0. The van der Waals surface area contributed by atoms with Crippen molar-refractivity contribution in [1.29, 1.82) is 0 Å². The standard InChI is InChI=1S/3C5H8O2.Mn/c3*1-4(6)3-5(2)7;/h3*3H2,1-2H3;/p+6. The van der Waals surface area contributed by atoms with Crippen LogP contribution in [0.1, 0.15) is 60.8 Å². The van der Waals surface area contributed by atoms with Crippen LogP contribution in [-0.4, -0.2) is 63.5 Å². The third-order valence-electron chi connectivity index (χ3n) is 1.54. The smallest absolute Gasteiger partial charge is 0.283 e. The number of rotatable bonds is 6. The molecule has 0 aromatic heterocycles. The van der Waals surface area contributed by atoms with Crippen LogP contribution in [0, 0.1) is 0 Å². The van der Waals surface area contributed by atoms with Gasteiger partial charge in [-0.3, -0.25) is 28.8 Å². The molecule has 0 spiro atoms. The Labute approximate surface area is 141 Å². The molecule has 22 heavy (non-hydrogen) atoms. The first-order valence-corrected chi connectivity index (χ1v) is 6.46. The van der Waals surface area contributed by atoms with Crippen LogP contribution >= 0.6 is 0 Å². The van der Waals surface area contributed by atoms with Crippen molar-refractivity contribution < 1.29 is 45.8 Å². The Balaban J connectivity index is -0.000000108. The molecule has 6 N–H and O–H groups in total. The Hall–Kier alpha value is -1.46. The first-order chi connectivity index (χ1) is 9.38. The zero-order chi connectivity index (χ0) is 17.6. The van der Waals surface area contributed by atoms with Crippen molar-refractivity contribution in [3.8, 4) is 0 Å². The molecule has 0 aromatic rings. The molecule has 0 aromatic carbocycles. The second kappa shape index (κ2) is 17.6. The van der Waals surface area contributed by atoms with Crippen molar-refractivity contribution in [2.24, 2.45) is 0 Å². The molecule has 0 bridgehead atoms. The monoisotopic (exact) mass is 361 g/mol. The van der Waals surface area contributed by atoms with Crippen LogP contribution in [0.15, 0.2) is 0 Å². The summed E-state index contributed by atoms with van der Waals surface area (Å²) in [5.41, 5.74) is 0. The van der Waals surface area contributed by atoms with Crippen molar-refractivity contribution in [3.63, 3.8) is 0 Å². The fourth-order valence-electron chi connectivity index (χ4n) is 1.11. The van der Waals surface area contributed by atoms with Gasteiger partial charge in [-0.25, -0.2) is 0 Å². The number of hydrogen-bond donors (Lipinski definition) is 0. The summed E-state index contributed by atoms with van der Waals surface area (Å²) in [7, 11) is 0. The van der Waals surface area contributed by atoms with Gasteiger partial charge in [0.25, 0.3) is 0 Å². The van der Waals surface area contributed by atoms with E-state index in [0.717, 1.165) is 0 Å². The van der Waals surface area contributed by atoms with Crippen molar-refractivity contribution >= 4 is 34.7 Å². The number of carbonyl (C=O) groups excluding carboxylic acids is 6. The maximum absolute atomic E-state index is 8.46. The largest absolute Gasteiger partial charge is 0.302 e. The third kappa shape index (κ3) is 51.3. The van der Waals surface area contributed by atoms with Crippen molar-refractivity contribution in [1.82, 2.24) is 0 Å². The first-order valence-electron chi connectivity index (χ1n) is 6.46. The average molecular weight is 361 g/mol. The summed E-state index contributed by atoms with van der Waals surface area (Å²) in [6.07, 6.45) is 0.917. The Morgan fingerprint density at radius 1 is 0.409 bits per heavy atom. The van der Waals surface area contributed by atoms with Crippen LogP contribution in [0.3, 0.4) is 0 Å². The van der Waals surface area contributed by atoms with E-state index in [1.54, 1.807) is 41.5 Å². The summed E-state index contributed by atoms with van der Waals surface area (Å²) < 4.78 is 0. The Kier molecular flexibility index (Phi) is 22.9. The fourth-order valence-corrected chi connectivity index (χ4v) is 1.11. The molecular formula is C15H30MnO6+6. The van der Waals surface area contributed by atoms with Crippen molar-refractivity contribution in [2.45, 2.75) is 60.8 Å². The second-order valence-electron chi connectivity index (χ2n) is 4.94. The second-order valence-corrected chi connectivity index (χ2v) is 4.94. The fraction of sp³-hybridized carbons (Fsp3) is 0.600. The number of hydrogen-bond acceptors (Lipinski definition) is 0. The predicted octanol–water partition coefficient (Wildman–Crippen LogP) is 1.52.